The lowest BCUT2D eigenvalue weighted by molar-refractivity contribution is -0.136. The van der Waals surface area contributed by atoms with Crippen LogP contribution in [0.15, 0.2) is 18.2 Å². The first-order valence-electron chi connectivity index (χ1n) is 11.3. The minimum atomic E-state index is -0.547. The van der Waals surface area contributed by atoms with E-state index in [0.717, 1.165) is 37.2 Å². The number of hydrogen-bond donors (Lipinski definition) is 2. The Labute approximate surface area is 177 Å². The highest BCUT2D eigenvalue weighted by atomic mass is 16.2. The zero-order chi connectivity index (χ0) is 20.7. The first-order chi connectivity index (χ1) is 14.6. The van der Waals surface area contributed by atoms with Crippen LogP contribution in [0.4, 0.5) is 0 Å². The number of nitrogens with one attached hydrogen (secondary N) is 2. The first-order valence-corrected chi connectivity index (χ1v) is 11.3. The minimum Gasteiger partial charge on any atom is -0.322 e. The van der Waals surface area contributed by atoms with Crippen LogP contribution in [0.2, 0.25) is 0 Å². The summed E-state index contributed by atoms with van der Waals surface area (Å²) in [6.45, 7) is 4.78. The third kappa shape index (κ3) is 3.76. The molecular weight excluding hydrogens is 380 g/mol. The van der Waals surface area contributed by atoms with Gasteiger partial charge < -0.3 is 10.2 Å². The third-order valence-electron chi connectivity index (χ3n) is 7.29. The number of likely N-dealkylation sites (tertiary alicyclic amines) is 1. The van der Waals surface area contributed by atoms with Gasteiger partial charge in [0.2, 0.25) is 11.8 Å². The Hall–Kier alpha value is -2.25. The van der Waals surface area contributed by atoms with Gasteiger partial charge in [0.15, 0.2) is 0 Å². The minimum absolute atomic E-state index is 0.101. The number of fused-ring (bicyclic) bond motifs is 1. The van der Waals surface area contributed by atoms with Gasteiger partial charge in [-0.15, -0.1) is 0 Å². The Morgan fingerprint density at radius 2 is 1.87 bits per heavy atom. The lowest BCUT2D eigenvalue weighted by Crippen LogP contribution is -2.52. The summed E-state index contributed by atoms with van der Waals surface area (Å²) in [5, 5.41) is 6.02. The number of nitrogens with zero attached hydrogens (tertiary/aromatic N) is 2. The van der Waals surface area contributed by atoms with Crippen molar-refractivity contribution in [1.29, 1.82) is 0 Å². The van der Waals surface area contributed by atoms with Gasteiger partial charge in [0, 0.05) is 31.1 Å². The highest BCUT2D eigenvalue weighted by Gasteiger charge is 2.39. The fourth-order valence-electron chi connectivity index (χ4n) is 5.61. The predicted octanol–water partition coefficient (Wildman–Crippen LogP) is 1.41. The largest absolute Gasteiger partial charge is 0.322 e. The number of amides is 3. The van der Waals surface area contributed by atoms with Crippen LogP contribution >= 0.6 is 0 Å². The number of carbonyl (C=O) groups excluding carboxylic acids is 3. The standard InChI is InChI=1S/C23H30N4O3/c28-21-6-5-20(22(29)25-21)27-14-17-12-15(3-4-18(17)23(27)30)13-26-10-7-16(8-11-26)19-2-1-9-24-19/h3-4,12,16,19-20,24H,1-2,5-11,13-14H2,(H,25,28,29). The summed E-state index contributed by atoms with van der Waals surface area (Å²) in [6.07, 6.45) is 5.84. The molecule has 7 heteroatoms. The smallest absolute Gasteiger partial charge is 0.255 e. The van der Waals surface area contributed by atoms with Crippen LogP contribution < -0.4 is 10.6 Å². The highest BCUT2D eigenvalue weighted by molar-refractivity contribution is 6.05. The van der Waals surface area contributed by atoms with Crippen LogP contribution in [0.25, 0.3) is 0 Å². The summed E-state index contributed by atoms with van der Waals surface area (Å²) in [5.74, 6) is 0.0989. The molecule has 0 radical (unpaired) electrons. The second-order valence-electron chi connectivity index (χ2n) is 9.21. The molecule has 2 atom stereocenters. The van der Waals surface area contributed by atoms with E-state index >= 15 is 0 Å². The number of rotatable bonds is 4. The van der Waals surface area contributed by atoms with Gasteiger partial charge in [-0.1, -0.05) is 12.1 Å². The third-order valence-corrected chi connectivity index (χ3v) is 7.29. The van der Waals surface area contributed by atoms with E-state index in [0.29, 0.717) is 18.5 Å². The Kier molecular flexibility index (Phi) is 5.33. The van der Waals surface area contributed by atoms with Gasteiger partial charge in [-0.05, 0) is 74.8 Å². The van der Waals surface area contributed by atoms with Gasteiger partial charge in [0.1, 0.15) is 6.04 Å². The van der Waals surface area contributed by atoms with Crippen LogP contribution in [-0.4, -0.2) is 59.2 Å². The number of benzene rings is 1. The van der Waals surface area contributed by atoms with E-state index < -0.39 is 6.04 Å². The summed E-state index contributed by atoms with van der Waals surface area (Å²) in [7, 11) is 0. The van der Waals surface area contributed by atoms with Crippen LogP contribution in [-0.2, 0) is 22.7 Å². The Bertz CT molecular complexity index is 856. The molecule has 160 valence electrons. The molecule has 4 aliphatic heterocycles. The van der Waals surface area contributed by atoms with Crippen LogP contribution in [0.1, 0.15) is 60.0 Å². The normalized spacial score (nSPS) is 28.1. The quantitative estimate of drug-likeness (QED) is 0.734. The SMILES string of the molecule is O=C1CCC(N2Cc3cc(CN4CCC(C5CCCN5)CC4)ccc3C2=O)C(=O)N1. The average Bonchev–Trinajstić information content (AvgIpc) is 3.37. The van der Waals surface area contributed by atoms with Crippen molar-refractivity contribution < 1.29 is 14.4 Å². The molecule has 4 aliphatic rings. The molecule has 3 saturated heterocycles. The fourth-order valence-corrected chi connectivity index (χ4v) is 5.61. The molecule has 0 saturated carbocycles. The number of carbonyl (C=O) groups is 3. The van der Waals surface area contributed by atoms with E-state index in [2.05, 4.69) is 27.7 Å². The van der Waals surface area contributed by atoms with E-state index in [1.807, 2.05) is 6.07 Å². The Morgan fingerprint density at radius 3 is 2.60 bits per heavy atom. The van der Waals surface area contributed by atoms with Gasteiger partial charge in [-0.2, -0.15) is 0 Å². The molecule has 0 spiro atoms. The van der Waals surface area contributed by atoms with E-state index in [1.165, 1.54) is 37.8 Å². The van der Waals surface area contributed by atoms with Crippen molar-refractivity contribution in [3.05, 3.63) is 34.9 Å². The van der Waals surface area contributed by atoms with Crippen molar-refractivity contribution in [2.75, 3.05) is 19.6 Å². The summed E-state index contributed by atoms with van der Waals surface area (Å²) in [4.78, 5) is 40.6. The van der Waals surface area contributed by atoms with Gasteiger partial charge in [-0.25, -0.2) is 0 Å². The molecule has 3 amide bonds. The fraction of sp³-hybridized carbons (Fsp3) is 0.609. The average molecular weight is 411 g/mol. The number of hydrogen-bond acceptors (Lipinski definition) is 5. The molecule has 3 fully saturated rings. The lowest BCUT2D eigenvalue weighted by atomic mass is 9.88. The van der Waals surface area contributed by atoms with Crippen molar-refractivity contribution in [3.8, 4) is 0 Å². The van der Waals surface area contributed by atoms with Crippen molar-refractivity contribution >= 4 is 17.7 Å². The maximum atomic E-state index is 12.8. The molecule has 4 heterocycles. The molecular formula is C23H30N4O3. The van der Waals surface area contributed by atoms with Gasteiger partial charge in [0.05, 0.1) is 0 Å². The van der Waals surface area contributed by atoms with E-state index in [9.17, 15) is 14.4 Å². The molecule has 0 aliphatic carbocycles. The molecule has 2 unspecified atom stereocenters. The van der Waals surface area contributed by atoms with Crippen LogP contribution in [0, 0.1) is 5.92 Å². The Morgan fingerprint density at radius 1 is 1.03 bits per heavy atom. The summed E-state index contributed by atoms with van der Waals surface area (Å²) in [6, 6.07) is 6.26. The summed E-state index contributed by atoms with van der Waals surface area (Å²) < 4.78 is 0. The molecule has 2 N–H and O–H groups in total. The van der Waals surface area contributed by atoms with Crippen molar-refractivity contribution in [1.82, 2.24) is 20.4 Å². The van der Waals surface area contributed by atoms with Crippen molar-refractivity contribution in [3.63, 3.8) is 0 Å². The monoisotopic (exact) mass is 410 g/mol. The van der Waals surface area contributed by atoms with Gasteiger partial charge in [0.25, 0.3) is 5.91 Å². The second kappa shape index (κ2) is 8.12. The highest BCUT2D eigenvalue weighted by Crippen LogP contribution is 2.30. The molecule has 1 aromatic carbocycles. The summed E-state index contributed by atoms with van der Waals surface area (Å²) in [5.41, 5.74) is 2.91. The first kappa shape index (κ1) is 19.7. The van der Waals surface area contributed by atoms with Gasteiger partial charge >= 0.3 is 0 Å². The molecule has 7 nitrogen and oxygen atoms in total. The number of imide groups is 1. The van der Waals surface area contributed by atoms with Crippen LogP contribution in [0.3, 0.4) is 0 Å². The zero-order valence-corrected chi connectivity index (χ0v) is 17.4. The van der Waals surface area contributed by atoms with Gasteiger partial charge in [-0.3, -0.25) is 24.6 Å². The number of piperidine rings is 2. The molecule has 5 rings (SSSR count). The van der Waals surface area contributed by atoms with E-state index in [4.69, 9.17) is 0 Å². The van der Waals surface area contributed by atoms with Crippen LogP contribution in [0.5, 0.6) is 0 Å². The van der Waals surface area contributed by atoms with Crippen molar-refractivity contribution in [2.45, 2.75) is 63.7 Å². The molecule has 0 bridgehead atoms. The van der Waals surface area contributed by atoms with Crippen molar-refractivity contribution in [2.24, 2.45) is 5.92 Å². The maximum Gasteiger partial charge on any atom is 0.255 e. The van der Waals surface area contributed by atoms with E-state index in [-0.39, 0.29) is 24.1 Å². The topological polar surface area (TPSA) is 81.8 Å². The second-order valence-corrected chi connectivity index (χ2v) is 9.21. The lowest BCUT2D eigenvalue weighted by Gasteiger charge is -2.35. The zero-order valence-electron chi connectivity index (χ0n) is 17.4. The molecule has 1 aromatic rings. The predicted molar refractivity (Wildman–Crippen MR) is 112 cm³/mol. The Balaban J connectivity index is 1.21. The summed E-state index contributed by atoms with van der Waals surface area (Å²) >= 11 is 0. The molecule has 30 heavy (non-hydrogen) atoms. The van der Waals surface area contributed by atoms with E-state index in [1.54, 1.807) is 4.90 Å². The maximum absolute atomic E-state index is 12.8. The molecule has 0 aromatic heterocycles.